The van der Waals surface area contributed by atoms with E-state index >= 15 is 0 Å². The first-order valence-electron chi connectivity index (χ1n) is 5.37. The zero-order chi connectivity index (χ0) is 13.9. The van der Waals surface area contributed by atoms with Crippen LogP contribution in [0.1, 0.15) is 10.4 Å². The van der Waals surface area contributed by atoms with E-state index in [1.165, 1.54) is 31.7 Å². The number of nitrogens with one attached hydrogen (secondary N) is 3. The van der Waals surface area contributed by atoms with Crippen LogP contribution < -0.4 is 10.0 Å². The Hall–Kier alpha value is -2.35. The summed E-state index contributed by atoms with van der Waals surface area (Å²) in [6, 6.07) is 6.33. The molecule has 0 saturated carbocycles. The van der Waals surface area contributed by atoms with Gasteiger partial charge in [0, 0.05) is 7.05 Å². The number of carbonyl (C=O) groups excluding carboxylic acids is 1. The molecule has 0 saturated heterocycles. The summed E-state index contributed by atoms with van der Waals surface area (Å²) >= 11 is 0. The Kier molecular flexibility index (Phi) is 3.52. The van der Waals surface area contributed by atoms with E-state index in [-0.39, 0.29) is 22.2 Å². The molecule has 0 atom stereocenters. The summed E-state index contributed by atoms with van der Waals surface area (Å²) in [4.78, 5) is 17.8. The molecule has 2 rings (SSSR count). The number of aromatic amines is 1. The van der Waals surface area contributed by atoms with Crippen molar-refractivity contribution in [3.63, 3.8) is 0 Å². The van der Waals surface area contributed by atoms with Crippen molar-refractivity contribution in [1.82, 2.24) is 15.3 Å². The Morgan fingerprint density at radius 3 is 2.68 bits per heavy atom. The second-order valence-corrected chi connectivity index (χ2v) is 5.30. The molecular weight excluding hydrogens is 268 g/mol. The van der Waals surface area contributed by atoms with Gasteiger partial charge >= 0.3 is 0 Å². The third kappa shape index (κ3) is 2.74. The number of amides is 1. The number of benzene rings is 1. The van der Waals surface area contributed by atoms with Gasteiger partial charge in [-0.1, -0.05) is 12.1 Å². The van der Waals surface area contributed by atoms with Gasteiger partial charge in [0.05, 0.1) is 23.8 Å². The number of sulfonamides is 1. The predicted octanol–water partition coefficient (Wildman–Crippen LogP) is 0.570. The molecule has 0 radical (unpaired) electrons. The molecule has 0 aliphatic rings. The standard InChI is InChI=1S/C11H12N4O3S/c1-12-11(16)8-4-2-3-5-9(8)15-19(17,18)10-6-13-7-14-10/h2-7,15H,1H3,(H,12,16)(H,13,14). The number of hydrogen-bond donors (Lipinski definition) is 3. The number of para-hydroxylation sites is 1. The Bertz CT molecular complexity index is 680. The van der Waals surface area contributed by atoms with Crippen LogP contribution in [0.4, 0.5) is 5.69 Å². The van der Waals surface area contributed by atoms with Crippen molar-refractivity contribution in [3.05, 3.63) is 42.4 Å². The molecule has 0 aliphatic carbocycles. The fourth-order valence-electron chi connectivity index (χ4n) is 1.49. The molecule has 1 aromatic carbocycles. The highest BCUT2D eigenvalue weighted by molar-refractivity contribution is 7.92. The molecule has 7 nitrogen and oxygen atoms in total. The number of carbonyl (C=O) groups is 1. The van der Waals surface area contributed by atoms with Crippen molar-refractivity contribution in [2.24, 2.45) is 0 Å². The number of hydrogen-bond acceptors (Lipinski definition) is 4. The summed E-state index contributed by atoms with van der Waals surface area (Å²) < 4.78 is 26.4. The van der Waals surface area contributed by atoms with Crippen LogP contribution in [0, 0.1) is 0 Å². The van der Waals surface area contributed by atoms with Gasteiger partial charge in [-0.05, 0) is 12.1 Å². The second kappa shape index (κ2) is 5.11. The van der Waals surface area contributed by atoms with Crippen LogP contribution in [0.3, 0.4) is 0 Å². The van der Waals surface area contributed by atoms with Gasteiger partial charge in [0.15, 0.2) is 5.03 Å². The quantitative estimate of drug-likeness (QED) is 0.761. The van der Waals surface area contributed by atoms with Gasteiger partial charge in [0.2, 0.25) is 0 Å². The monoisotopic (exact) mass is 280 g/mol. The van der Waals surface area contributed by atoms with E-state index in [2.05, 4.69) is 20.0 Å². The van der Waals surface area contributed by atoms with Crippen LogP contribution in [0.5, 0.6) is 0 Å². The molecule has 0 unspecified atom stereocenters. The molecule has 0 fully saturated rings. The maximum absolute atomic E-state index is 12.0. The summed E-state index contributed by atoms with van der Waals surface area (Å²) in [5.41, 5.74) is 0.449. The van der Waals surface area contributed by atoms with Crippen LogP contribution in [0.15, 0.2) is 41.8 Å². The number of imidazole rings is 1. The topological polar surface area (TPSA) is 104 Å². The highest BCUT2D eigenvalue weighted by Crippen LogP contribution is 2.18. The predicted molar refractivity (Wildman–Crippen MR) is 69.2 cm³/mol. The minimum absolute atomic E-state index is 0.0702. The largest absolute Gasteiger partial charge is 0.355 e. The molecule has 2 aromatic rings. The van der Waals surface area contributed by atoms with Crippen LogP contribution in [0.25, 0.3) is 0 Å². The Morgan fingerprint density at radius 2 is 2.05 bits per heavy atom. The Labute approximate surface area is 110 Å². The highest BCUT2D eigenvalue weighted by atomic mass is 32.2. The Balaban J connectivity index is 2.37. The lowest BCUT2D eigenvalue weighted by Crippen LogP contribution is -2.21. The number of H-pyrrole nitrogens is 1. The smallest absolute Gasteiger partial charge is 0.278 e. The van der Waals surface area contributed by atoms with Gasteiger partial charge in [-0.2, -0.15) is 8.42 Å². The zero-order valence-corrected chi connectivity index (χ0v) is 10.9. The van der Waals surface area contributed by atoms with Crippen molar-refractivity contribution in [2.45, 2.75) is 5.03 Å². The number of anilines is 1. The minimum atomic E-state index is -3.78. The number of nitrogens with zero attached hydrogens (tertiary/aromatic N) is 1. The normalized spacial score (nSPS) is 11.0. The number of rotatable bonds is 4. The first-order chi connectivity index (χ1) is 9.04. The molecule has 0 aliphatic heterocycles. The first-order valence-corrected chi connectivity index (χ1v) is 6.85. The van der Waals surface area contributed by atoms with Crippen LogP contribution in [-0.4, -0.2) is 31.3 Å². The molecule has 1 aromatic heterocycles. The zero-order valence-electron chi connectivity index (χ0n) is 10.0. The third-order valence-electron chi connectivity index (χ3n) is 2.41. The van der Waals surface area contributed by atoms with Gasteiger partial charge in [-0.3, -0.25) is 9.52 Å². The van der Waals surface area contributed by atoms with Crippen molar-refractivity contribution in [2.75, 3.05) is 11.8 Å². The summed E-state index contributed by atoms with van der Waals surface area (Å²) in [7, 11) is -2.31. The minimum Gasteiger partial charge on any atom is -0.355 e. The van der Waals surface area contributed by atoms with E-state index in [0.717, 1.165) is 0 Å². The molecule has 100 valence electrons. The fourth-order valence-corrected chi connectivity index (χ4v) is 2.48. The van der Waals surface area contributed by atoms with Gasteiger partial charge in [0.1, 0.15) is 0 Å². The maximum atomic E-state index is 12.0. The summed E-state index contributed by atoms with van der Waals surface area (Å²) in [6.45, 7) is 0. The first kappa shape index (κ1) is 13.1. The van der Waals surface area contributed by atoms with E-state index in [4.69, 9.17) is 0 Å². The molecule has 1 amide bonds. The molecule has 0 spiro atoms. The summed E-state index contributed by atoms with van der Waals surface area (Å²) in [6.07, 6.45) is 2.45. The van der Waals surface area contributed by atoms with Crippen molar-refractivity contribution in [1.29, 1.82) is 0 Å². The van der Waals surface area contributed by atoms with E-state index in [1.54, 1.807) is 12.1 Å². The van der Waals surface area contributed by atoms with Crippen molar-refractivity contribution < 1.29 is 13.2 Å². The van der Waals surface area contributed by atoms with E-state index < -0.39 is 10.0 Å². The highest BCUT2D eigenvalue weighted by Gasteiger charge is 2.18. The molecule has 0 bridgehead atoms. The van der Waals surface area contributed by atoms with Gasteiger partial charge < -0.3 is 10.3 Å². The molecular formula is C11H12N4O3S. The van der Waals surface area contributed by atoms with Crippen LogP contribution in [-0.2, 0) is 10.0 Å². The fraction of sp³-hybridized carbons (Fsp3) is 0.0909. The van der Waals surface area contributed by atoms with Crippen molar-refractivity contribution >= 4 is 21.6 Å². The van der Waals surface area contributed by atoms with Crippen LogP contribution >= 0.6 is 0 Å². The van der Waals surface area contributed by atoms with E-state index in [0.29, 0.717) is 0 Å². The van der Waals surface area contributed by atoms with Crippen LogP contribution in [0.2, 0.25) is 0 Å². The molecule has 8 heteroatoms. The summed E-state index contributed by atoms with van der Waals surface area (Å²) in [5.74, 6) is -0.372. The van der Waals surface area contributed by atoms with Gasteiger partial charge in [-0.25, -0.2) is 4.98 Å². The lowest BCUT2D eigenvalue weighted by Gasteiger charge is -2.10. The lowest BCUT2D eigenvalue weighted by atomic mass is 10.2. The Morgan fingerprint density at radius 1 is 1.32 bits per heavy atom. The van der Waals surface area contributed by atoms with Crippen molar-refractivity contribution in [3.8, 4) is 0 Å². The second-order valence-electron chi connectivity index (χ2n) is 3.65. The maximum Gasteiger partial charge on any atom is 0.278 e. The number of aromatic nitrogens is 2. The van der Waals surface area contributed by atoms with Gasteiger partial charge in [-0.15, -0.1) is 0 Å². The average Bonchev–Trinajstić information content (AvgIpc) is 2.93. The third-order valence-corrected chi connectivity index (χ3v) is 3.70. The van der Waals surface area contributed by atoms with E-state index in [1.807, 2.05) is 0 Å². The van der Waals surface area contributed by atoms with Gasteiger partial charge in [0.25, 0.3) is 15.9 Å². The lowest BCUT2D eigenvalue weighted by molar-refractivity contribution is 0.0964. The SMILES string of the molecule is CNC(=O)c1ccccc1NS(=O)(=O)c1cnc[nH]1. The van der Waals surface area contributed by atoms with E-state index in [9.17, 15) is 13.2 Å². The summed E-state index contributed by atoms with van der Waals surface area (Å²) in [5, 5.41) is 2.38. The average molecular weight is 280 g/mol. The molecule has 3 N–H and O–H groups in total. The molecule has 19 heavy (non-hydrogen) atoms. The molecule has 1 heterocycles.